The predicted molar refractivity (Wildman–Crippen MR) is 107 cm³/mol. The second-order valence-corrected chi connectivity index (χ2v) is 5.88. The predicted octanol–water partition coefficient (Wildman–Crippen LogP) is 1.93. The topological polar surface area (TPSA) is 57.5 Å². The Morgan fingerprint density at radius 2 is 2.09 bits per heavy atom. The molecule has 0 aromatic carbocycles. The van der Waals surface area contributed by atoms with Crippen molar-refractivity contribution in [2.45, 2.75) is 45.2 Å². The number of rotatable bonds is 7. The van der Waals surface area contributed by atoms with Gasteiger partial charge in [-0.05, 0) is 38.3 Å². The molecule has 0 unspecified atom stereocenters. The second kappa shape index (κ2) is 11.7. The van der Waals surface area contributed by atoms with Gasteiger partial charge in [-0.25, -0.2) is 0 Å². The van der Waals surface area contributed by atoms with Gasteiger partial charge in [0, 0.05) is 51.7 Å². The summed E-state index contributed by atoms with van der Waals surface area (Å²) < 4.78 is 1.96. The molecule has 23 heavy (non-hydrogen) atoms. The standard InChI is InChI=1S/C16H30N6.HI/c1-3-10-21-13-6-15(7-14-21)20-16(17-2)18-8-4-11-22-12-5-9-19-22;/h5,9,12,15H,3-4,6-8,10-11,13-14H2,1-2H3,(H2,17,18,20);1H. The van der Waals surface area contributed by atoms with Crippen molar-refractivity contribution >= 4 is 29.9 Å². The summed E-state index contributed by atoms with van der Waals surface area (Å²) in [5.41, 5.74) is 0. The molecule has 2 rings (SSSR count). The number of likely N-dealkylation sites (tertiary alicyclic amines) is 1. The Bertz CT molecular complexity index is 426. The Balaban J connectivity index is 0.00000264. The lowest BCUT2D eigenvalue weighted by molar-refractivity contribution is 0.206. The molecule has 2 heterocycles. The largest absolute Gasteiger partial charge is 0.356 e. The lowest BCUT2D eigenvalue weighted by Gasteiger charge is -2.32. The first kappa shape index (κ1) is 20.2. The lowest BCUT2D eigenvalue weighted by Crippen LogP contribution is -2.48. The van der Waals surface area contributed by atoms with Crippen LogP contribution in [0.3, 0.4) is 0 Å². The summed E-state index contributed by atoms with van der Waals surface area (Å²) in [4.78, 5) is 6.88. The molecule has 6 nitrogen and oxygen atoms in total. The number of aliphatic imine (C=N–C) groups is 1. The molecule has 0 saturated carbocycles. The van der Waals surface area contributed by atoms with E-state index in [1.165, 1.54) is 38.9 Å². The van der Waals surface area contributed by atoms with Crippen LogP contribution < -0.4 is 10.6 Å². The van der Waals surface area contributed by atoms with Crippen molar-refractivity contribution in [1.29, 1.82) is 0 Å². The highest BCUT2D eigenvalue weighted by molar-refractivity contribution is 14.0. The van der Waals surface area contributed by atoms with Crippen LogP contribution in [0.4, 0.5) is 0 Å². The molecular formula is C16H31IN6. The Morgan fingerprint density at radius 1 is 1.30 bits per heavy atom. The van der Waals surface area contributed by atoms with Gasteiger partial charge in [0.25, 0.3) is 0 Å². The van der Waals surface area contributed by atoms with Gasteiger partial charge < -0.3 is 15.5 Å². The van der Waals surface area contributed by atoms with Crippen molar-refractivity contribution < 1.29 is 0 Å². The molecule has 1 saturated heterocycles. The van der Waals surface area contributed by atoms with Gasteiger partial charge in [-0.2, -0.15) is 5.10 Å². The summed E-state index contributed by atoms with van der Waals surface area (Å²) in [7, 11) is 1.84. The van der Waals surface area contributed by atoms with E-state index in [9.17, 15) is 0 Å². The van der Waals surface area contributed by atoms with E-state index in [2.05, 4.69) is 32.5 Å². The van der Waals surface area contributed by atoms with Gasteiger partial charge in [0.2, 0.25) is 0 Å². The quantitative estimate of drug-likeness (QED) is 0.298. The number of aryl methyl sites for hydroxylation is 1. The fourth-order valence-corrected chi connectivity index (χ4v) is 2.89. The third-order valence-corrected chi connectivity index (χ3v) is 4.11. The van der Waals surface area contributed by atoms with E-state index in [1.807, 2.05) is 30.2 Å². The molecule has 1 aromatic heterocycles. The number of hydrogen-bond acceptors (Lipinski definition) is 3. The highest BCUT2D eigenvalue weighted by Crippen LogP contribution is 2.10. The third kappa shape index (κ3) is 7.52. The number of nitrogens with one attached hydrogen (secondary N) is 2. The van der Waals surface area contributed by atoms with Crippen LogP contribution in [0.5, 0.6) is 0 Å². The zero-order valence-corrected chi connectivity index (χ0v) is 16.7. The first-order chi connectivity index (χ1) is 10.8. The number of hydrogen-bond donors (Lipinski definition) is 2. The van der Waals surface area contributed by atoms with Gasteiger partial charge in [-0.1, -0.05) is 6.92 Å². The van der Waals surface area contributed by atoms with Crippen LogP contribution in [0.15, 0.2) is 23.5 Å². The van der Waals surface area contributed by atoms with Crippen molar-refractivity contribution in [2.75, 3.05) is 33.2 Å². The van der Waals surface area contributed by atoms with E-state index in [-0.39, 0.29) is 24.0 Å². The zero-order valence-electron chi connectivity index (χ0n) is 14.4. The molecule has 0 aliphatic carbocycles. The van der Waals surface area contributed by atoms with Crippen molar-refractivity contribution in [3.05, 3.63) is 18.5 Å². The molecule has 1 aromatic rings. The molecule has 1 fully saturated rings. The average Bonchev–Trinajstić information content (AvgIpc) is 3.05. The molecular weight excluding hydrogens is 403 g/mol. The fraction of sp³-hybridized carbons (Fsp3) is 0.750. The SMILES string of the molecule is CCCN1CCC(NC(=NC)NCCCn2cccn2)CC1.I. The molecule has 7 heteroatoms. The highest BCUT2D eigenvalue weighted by Gasteiger charge is 2.19. The number of guanidine groups is 1. The summed E-state index contributed by atoms with van der Waals surface area (Å²) in [5, 5.41) is 11.2. The van der Waals surface area contributed by atoms with E-state index in [1.54, 1.807) is 0 Å². The van der Waals surface area contributed by atoms with Gasteiger partial charge in [0.05, 0.1) is 0 Å². The maximum Gasteiger partial charge on any atom is 0.191 e. The number of piperidine rings is 1. The first-order valence-corrected chi connectivity index (χ1v) is 8.48. The Labute approximate surface area is 157 Å². The minimum Gasteiger partial charge on any atom is -0.356 e. The van der Waals surface area contributed by atoms with Crippen LogP contribution in [0, 0.1) is 0 Å². The van der Waals surface area contributed by atoms with Crippen LogP contribution >= 0.6 is 24.0 Å². The van der Waals surface area contributed by atoms with Crippen molar-refractivity contribution in [2.24, 2.45) is 4.99 Å². The second-order valence-electron chi connectivity index (χ2n) is 5.88. The average molecular weight is 434 g/mol. The van der Waals surface area contributed by atoms with E-state index < -0.39 is 0 Å². The van der Waals surface area contributed by atoms with Crippen LogP contribution in [0.2, 0.25) is 0 Å². The van der Waals surface area contributed by atoms with Gasteiger partial charge in [0.15, 0.2) is 5.96 Å². The van der Waals surface area contributed by atoms with E-state index >= 15 is 0 Å². The lowest BCUT2D eigenvalue weighted by atomic mass is 10.1. The Morgan fingerprint density at radius 3 is 2.70 bits per heavy atom. The molecule has 0 atom stereocenters. The minimum absolute atomic E-state index is 0. The van der Waals surface area contributed by atoms with Gasteiger partial charge in [0.1, 0.15) is 0 Å². The normalized spacial score (nSPS) is 16.9. The summed E-state index contributed by atoms with van der Waals surface area (Å²) in [6.07, 6.45) is 8.51. The van der Waals surface area contributed by atoms with Crippen molar-refractivity contribution in [1.82, 2.24) is 25.3 Å². The van der Waals surface area contributed by atoms with Gasteiger partial charge in [-0.3, -0.25) is 9.67 Å². The summed E-state index contributed by atoms with van der Waals surface area (Å²) >= 11 is 0. The molecule has 2 N–H and O–H groups in total. The monoisotopic (exact) mass is 434 g/mol. The molecule has 0 radical (unpaired) electrons. The Hall–Kier alpha value is -0.830. The van der Waals surface area contributed by atoms with Gasteiger partial charge in [-0.15, -0.1) is 24.0 Å². The van der Waals surface area contributed by atoms with Crippen molar-refractivity contribution in [3.63, 3.8) is 0 Å². The number of nitrogens with zero attached hydrogens (tertiary/aromatic N) is 4. The molecule has 1 aliphatic heterocycles. The summed E-state index contributed by atoms with van der Waals surface area (Å²) in [6.45, 7) is 7.72. The summed E-state index contributed by atoms with van der Waals surface area (Å²) in [5.74, 6) is 0.925. The van der Waals surface area contributed by atoms with E-state index in [0.29, 0.717) is 6.04 Å². The number of aromatic nitrogens is 2. The zero-order chi connectivity index (χ0) is 15.6. The van der Waals surface area contributed by atoms with Crippen LogP contribution in [-0.2, 0) is 6.54 Å². The van der Waals surface area contributed by atoms with E-state index in [0.717, 1.165) is 25.5 Å². The van der Waals surface area contributed by atoms with Gasteiger partial charge >= 0.3 is 0 Å². The molecule has 0 amide bonds. The number of halogens is 1. The maximum atomic E-state index is 4.33. The fourth-order valence-electron chi connectivity index (χ4n) is 2.89. The highest BCUT2D eigenvalue weighted by atomic mass is 127. The van der Waals surface area contributed by atoms with Crippen LogP contribution in [0.1, 0.15) is 32.6 Å². The molecule has 1 aliphatic rings. The van der Waals surface area contributed by atoms with Crippen LogP contribution in [0.25, 0.3) is 0 Å². The summed E-state index contributed by atoms with van der Waals surface area (Å²) in [6, 6.07) is 2.50. The molecule has 0 spiro atoms. The maximum absolute atomic E-state index is 4.33. The third-order valence-electron chi connectivity index (χ3n) is 4.11. The van der Waals surface area contributed by atoms with E-state index in [4.69, 9.17) is 0 Å². The first-order valence-electron chi connectivity index (χ1n) is 8.48. The molecule has 132 valence electrons. The smallest absolute Gasteiger partial charge is 0.191 e. The Kier molecular flexibility index (Phi) is 10.3. The van der Waals surface area contributed by atoms with Crippen LogP contribution in [-0.4, -0.2) is 59.9 Å². The van der Waals surface area contributed by atoms with Crippen molar-refractivity contribution in [3.8, 4) is 0 Å². The minimum atomic E-state index is 0. The molecule has 0 bridgehead atoms.